The van der Waals surface area contributed by atoms with Crippen LogP contribution in [0.3, 0.4) is 0 Å². The fourth-order valence-corrected chi connectivity index (χ4v) is 2.05. The molecule has 0 saturated carbocycles. The first-order chi connectivity index (χ1) is 10.9. The van der Waals surface area contributed by atoms with E-state index in [9.17, 15) is 18.0 Å². The Morgan fingerprint density at radius 2 is 2.09 bits per heavy atom. The highest BCUT2D eigenvalue weighted by Crippen LogP contribution is 2.32. The Morgan fingerprint density at radius 1 is 1.30 bits per heavy atom. The first-order valence-electron chi connectivity index (χ1n) is 6.48. The fraction of sp³-hybridized carbons (Fsp3) is 0.154. The predicted octanol–water partition coefficient (Wildman–Crippen LogP) is 2.72. The molecule has 3 rings (SSSR count). The lowest BCUT2D eigenvalue weighted by molar-refractivity contribution is -0.137. The molecule has 2 aromatic heterocycles. The third-order valence-corrected chi connectivity index (χ3v) is 3.16. The minimum absolute atomic E-state index is 0.232. The normalized spacial score (nSPS) is 11.7. The number of imidazole rings is 1. The average molecular weight is 324 g/mol. The topological polar surface area (TPSA) is 98.5 Å². The van der Waals surface area contributed by atoms with E-state index in [1.165, 1.54) is 19.3 Å². The maximum absolute atomic E-state index is 12.7. The highest BCUT2D eigenvalue weighted by Gasteiger charge is 2.30. The van der Waals surface area contributed by atoms with Crippen LogP contribution >= 0.6 is 0 Å². The van der Waals surface area contributed by atoms with Crippen molar-refractivity contribution in [1.82, 2.24) is 25.5 Å². The van der Waals surface area contributed by atoms with Crippen molar-refractivity contribution >= 4 is 22.8 Å². The molecule has 0 atom stereocenters. The highest BCUT2D eigenvalue weighted by molar-refractivity contribution is 5.93. The molecule has 0 bridgehead atoms. The number of carbonyl (C=O) groups excluding carboxylic acids is 1. The number of halogens is 3. The molecule has 0 aliphatic heterocycles. The monoisotopic (exact) mass is 324 g/mol. The van der Waals surface area contributed by atoms with Crippen molar-refractivity contribution < 1.29 is 18.0 Å². The number of carbonyl (C=O) groups is 1. The van der Waals surface area contributed by atoms with Gasteiger partial charge in [0, 0.05) is 7.05 Å². The van der Waals surface area contributed by atoms with Crippen molar-refractivity contribution in [3.8, 4) is 11.5 Å². The molecule has 7 nitrogen and oxygen atoms in total. The molecule has 1 aromatic carbocycles. The summed E-state index contributed by atoms with van der Waals surface area (Å²) in [6, 6.07) is 2.76. The van der Waals surface area contributed by atoms with Crippen LogP contribution in [0.25, 0.3) is 22.6 Å². The van der Waals surface area contributed by atoms with E-state index < -0.39 is 17.8 Å². The third kappa shape index (κ3) is 2.82. The van der Waals surface area contributed by atoms with E-state index in [4.69, 9.17) is 0 Å². The maximum atomic E-state index is 12.7. The Labute approximate surface area is 127 Å². The van der Waals surface area contributed by atoms with Crippen LogP contribution in [0.15, 0.2) is 24.4 Å². The molecule has 0 radical (unpaired) electrons. The summed E-state index contributed by atoms with van der Waals surface area (Å²) in [4.78, 5) is 18.4. The minimum Gasteiger partial charge on any atom is -0.341 e. The smallest absolute Gasteiger partial charge is 0.341 e. The van der Waals surface area contributed by atoms with Gasteiger partial charge in [0.1, 0.15) is 5.69 Å². The number of hydrogen-bond donors (Lipinski definition) is 4. The van der Waals surface area contributed by atoms with Crippen LogP contribution in [0, 0.1) is 0 Å². The standard InChI is InChI=1S/C13H11F3N6O/c1-17-12(23)21-9-5-18-22-10(9)11-19-7-3-2-6(13(14,15)16)4-8(7)20-11/h2-5H,1H3,(H,18,22)(H,19,20)(H2,17,21,23). The number of aromatic amines is 2. The quantitative estimate of drug-likeness (QED) is 0.583. The van der Waals surface area contributed by atoms with Crippen molar-refractivity contribution in [3.05, 3.63) is 30.0 Å². The zero-order chi connectivity index (χ0) is 16.6. The Balaban J connectivity index is 2.01. The van der Waals surface area contributed by atoms with Crippen molar-refractivity contribution in [1.29, 1.82) is 0 Å². The van der Waals surface area contributed by atoms with Gasteiger partial charge >= 0.3 is 12.2 Å². The van der Waals surface area contributed by atoms with Crippen molar-refractivity contribution in [3.63, 3.8) is 0 Å². The third-order valence-electron chi connectivity index (χ3n) is 3.16. The lowest BCUT2D eigenvalue weighted by atomic mass is 10.2. The number of nitrogens with one attached hydrogen (secondary N) is 4. The second kappa shape index (κ2) is 5.30. The van der Waals surface area contributed by atoms with Gasteiger partial charge < -0.3 is 15.6 Å². The van der Waals surface area contributed by atoms with E-state index in [0.717, 1.165) is 12.1 Å². The van der Waals surface area contributed by atoms with Crippen molar-refractivity contribution in [2.24, 2.45) is 0 Å². The fourth-order valence-electron chi connectivity index (χ4n) is 2.05. The van der Waals surface area contributed by atoms with Crippen LogP contribution < -0.4 is 10.6 Å². The van der Waals surface area contributed by atoms with Crippen LogP contribution in [-0.4, -0.2) is 33.2 Å². The largest absolute Gasteiger partial charge is 0.416 e. The molecule has 2 amide bonds. The number of aromatic nitrogens is 4. The summed E-state index contributed by atoms with van der Waals surface area (Å²) in [7, 11) is 1.45. The number of anilines is 1. The molecule has 23 heavy (non-hydrogen) atoms. The van der Waals surface area contributed by atoms with Crippen molar-refractivity contribution in [2.45, 2.75) is 6.18 Å². The van der Waals surface area contributed by atoms with Gasteiger partial charge in [-0.25, -0.2) is 9.78 Å². The zero-order valence-electron chi connectivity index (χ0n) is 11.7. The summed E-state index contributed by atoms with van der Waals surface area (Å²) >= 11 is 0. The van der Waals surface area contributed by atoms with Gasteiger partial charge in [0.15, 0.2) is 5.82 Å². The molecule has 0 spiro atoms. The van der Waals surface area contributed by atoms with Crippen LogP contribution in [0.4, 0.5) is 23.7 Å². The van der Waals surface area contributed by atoms with Gasteiger partial charge in [-0.3, -0.25) is 5.10 Å². The van der Waals surface area contributed by atoms with E-state index in [0.29, 0.717) is 16.9 Å². The molecule has 0 aliphatic carbocycles. The molecular formula is C13H11F3N6O. The van der Waals surface area contributed by atoms with Gasteiger partial charge in [-0.1, -0.05) is 0 Å². The number of rotatable bonds is 2. The van der Waals surface area contributed by atoms with Gasteiger partial charge in [0.05, 0.1) is 28.5 Å². The number of amides is 2. The van der Waals surface area contributed by atoms with E-state index >= 15 is 0 Å². The molecule has 10 heteroatoms. The molecule has 0 saturated heterocycles. The lowest BCUT2D eigenvalue weighted by Crippen LogP contribution is -2.24. The molecule has 2 heterocycles. The number of benzene rings is 1. The molecule has 0 fully saturated rings. The van der Waals surface area contributed by atoms with Crippen LogP contribution in [-0.2, 0) is 6.18 Å². The summed E-state index contributed by atoms with van der Waals surface area (Å²) in [5.74, 6) is 0.267. The number of hydrogen-bond acceptors (Lipinski definition) is 3. The minimum atomic E-state index is -4.43. The van der Waals surface area contributed by atoms with E-state index in [1.807, 2.05) is 0 Å². The Kier molecular flexibility index (Phi) is 3.43. The van der Waals surface area contributed by atoms with Gasteiger partial charge in [-0.05, 0) is 18.2 Å². The molecule has 0 unspecified atom stereocenters. The average Bonchev–Trinajstić information content (AvgIpc) is 3.10. The first-order valence-corrected chi connectivity index (χ1v) is 6.48. The number of H-pyrrole nitrogens is 2. The lowest BCUT2D eigenvalue weighted by Gasteiger charge is -2.05. The molecule has 0 aliphatic rings. The van der Waals surface area contributed by atoms with Crippen molar-refractivity contribution in [2.75, 3.05) is 12.4 Å². The van der Waals surface area contributed by atoms with E-state index in [2.05, 4.69) is 30.8 Å². The Bertz CT molecular complexity index is 866. The van der Waals surface area contributed by atoms with Gasteiger partial charge in [-0.2, -0.15) is 18.3 Å². The molecular weight excluding hydrogens is 313 g/mol. The second-order valence-corrected chi connectivity index (χ2v) is 4.68. The van der Waals surface area contributed by atoms with Crippen LogP contribution in [0.1, 0.15) is 5.56 Å². The summed E-state index contributed by atoms with van der Waals surface area (Å²) in [6.45, 7) is 0. The molecule has 4 N–H and O–H groups in total. The molecule has 3 aromatic rings. The van der Waals surface area contributed by atoms with Crippen LogP contribution in [0.5, 0.6) is 0 Å². The van der Waals surface area contributed by atoms with Crippen LogP contribution in [0.2, 0.25) is 0 Å². The predicted molar refractivity (Wildman–Crippen MR) is 76.8 cm³/mol. The summed E-state index contributed by atoms with van der Waals surface area (Å²) in [5, 5.41) is 11.4. The maximum Gasteiger partial charge on any atom is 0.416 e. The SMILES string of the molecule is CNC(=O)Nc1cn[nH]c1-c1nc2ccc(C(F)(F)F)cc2[nH]1. The van der Waals surface area contributed by atoms with Gasteiger partial charge in [0.2, 0.25) is 0 Å². The first kappa shape index (κ1) is 14.9. The number of alkyl halides is 3. The summed E-state index contributed by atoms with van der Waals surface area (Å²) < 4.78 is 38.2. The Morgan fingerprint density at radius 3 is 2.78 bits per heavy atom. The number of urea groups is 1. The van der Waals surface area contributed by atoms with Gasteiger partial charge in [0.25, 0.3) is 0 Å². The molecule has 120 valence electrons. The summed E-state index contributed by atoms with van der Waals surface area (Å²) in [5.41, 5.74) is 0.537. The number of nitrogens with zero attached hydrogens (tertiary/aromatic N) is 2. The van der Waals surface area contributed by atoms with E-state index in [1.54, 1.807) is 0 Å². The zero-order valence-corrected chi connectivity index (χ0v) is 11.7. The summed E-state index contributed by atoms with van der Waals surface area (Å²) in [6.07, 6.45) is -3.06. The highest BCUT2D eigenvalue weighted by atomic mass is 19.4. The van der Waals surface area contributed by atoms with E-state index in [-0.39, 0.29) is 11.3 Å². The van der Waals surface area contributed by atoms with Gasteiger partial charge in [-0.15, -0.1) is 0 Å². The Hall–Kier alpha value is -3.04. The second-order valence-electron chi connectivity index (χ2n) is 4.68. The number of fused-ring (bicyclic) bond motifs is 1.